The van der Waals surface area contributed by atoms with Gasteiger partial charge in [0.05, 0.1) is 0 Å². The normalized spacial score (nSPS) is 10.2. The third kappa shape index (κ3) is 3.14. The number of nitrogens with two attached hydrogens (primary N) is 1. The zero-order valence-corrected chi connectivity index (χ0v) is 10.6. The highest BCUT2D eigenvalue weighted by atomic mass is 79.9. The van der Waals surface area contributed by atoms with E-state index in [9.17, 15) is 5.11 Å². The van der Waals surface area contributed by atoms with Crippen molar-refractivity contribution in [3.63, 3.8) is 0 Å². The van der Waals surface area contributed by atoms with E-state index in [-0.39, 0.29) is 5.75 Å². The van der Waals surface area contributed by atoms with Crippen LogP contribution < -0.4 is 10.5 Å². The van der Waals surface area contributed by atoms with Crippen LogP contribution in [0, 0.1) is 0 Å². The Bertz CT molecular complexity index is 529. The van der Waals surface area contributed by atoms with E-state index in [4.69, 9.17) is 10.5 Å². The molecule has 3 nitrogen and oxygen atoms in total. The number of anilines is 1. The first-order chi connectivity index (χ1) is 8.15. The van der Waals surface area contributed by atoms with Crippen molar-refractivity contribution in [2.45, 2.75) is 6.61 Å². The standard InChI is InChI=1S/C13H12BrNO2/c14-10-2-1-3-12(6-10)17-8-9-4-5-11(16)7-13(9)15/h1-7,16H,8,15H2. The number of nitrogen functional groups attached to an aromatic ring is 1. The van der Waals surface area contributed by atoms with Gasteiger partial charge in [-0.3, -0.25) is 0 Å². The highest BCUT2D eigenvalue weighted by molar-refractivity contribution is 9.10. The average molecular weight is 294 g/mol. The highest BCUT2D eigenvalue weighted by Crippen LogP contribution is 2.22. The van der Waals surface area contributed by atoms with Crippen molar-refractivity contribution < 1.29 is 9.84 Å². The van der Waals surface area contributed by atoms with Gasteiger partial charge in [-0.05, 0) is 30.3 Å². The Kier molecular flexibility index (Phi) is 3.54. The molecule has 0 aliphatic carbocycles. The number of aromatic hydroxyl groups is 1. The summed E-state index contributed by atoms with van der Waals surface area (Å²) in [5.74, 6) is 0.931. The second kappa shape index (κ2) is 5.10. The second-order valence-electron chi connectivity index (χ2n) is 3.63. The van der Waals surface area contributed by atoms with E-state index < -0.39 is 0 Å². The molecule has 0 bridgehead atoms. The predicted molar refractivity (Wildman–Crippen MR) is 71.0 cm³/mol. The minimum Gasteiger partial charge on any atom is -0.508 e. The van der Waals surface area contributed by atoms with Crippen molar-refractivity contribution in [1.82, 2.24) is 0 Å². The van der Waals surface area contributed by atoms with Gasteiger partial charge >= 0.3 is 0 Å². The van der Waals surface area contributed by atoms with E-state index in [2.05, 4.69) is 15.9 Å². The first-order valence-corrected chi connectivity index (χ1v) is 5.90. The number of phenols is 1. The first kappa shape index (κ1) is 11.8. The van der Waals surface area contributed by atoms with Gasteiger partial charge in [-0.1, -0.05) is 22.0 Å². The zero-order valence-electron chi connectivity index (χ0n) is 9.06. The fraction of sp³-hybridized carbons (Fsp3) is 0.0769. The van der Waals surface area contributed by atoms with Crippen LogP contribution in [-0.2, 0) is 6.61 Å². The molecule has 17 heavy (non-hydrogen) atoms. The summed E-state index contributed by atoms with van der Waals surface area (Å²) < 4.78 is 6.57. The number of hydrogen-bond acceptors (Lipinski definition) is 3. The molecule has 2 rings (SSSR count). The molecule has 0 aromatic heterocycles. The zero-order chi connectivity index (χ0) is 12.3. The van der Waals surface area contributed by atoms with Gasteiger partial charge in [0, 0.05) is 21.8 Å². The molecule has 0 atom stereocenters. The SMILES string of the molecule is Nc1cc(O)ccc1COc1cccc(Br)c1. The lowest BCUT2D eigenvalue weighted by molar-refractivity contribution is 0.306. The molecule has 0 heterocycles. The monoisotopic (exact) mass is 293 g/mol. The number of benzene rings is 2. The van der Waals surface area contributed by atoms with Crippen LogP contribution in [0.15, 0.2) is 46.9 Å². The van der Waals surface area contributed by atoms with Gasteiger partial charge in [0.25, 0.3) is 0 Å². The maximum atomic E-state index is 9.23. The summed E-state index contributed by atoms with van der Waals surface area (Å²) in [6, 6.07) is 12.5. The van der Waals surface area contributed by atoms with Gasteiger partial charge in [-0.2, -0.15) is 0 Å². The van der Waals surface area contributed by atoms with Crippen molar-refractivity contribution in [2.75, 3.05) is 5.73 Å². The molecule has 0 unspecified atom stereocenters. The fourth-order valence-electron chi connectivity index (χ4n) is 1.43. The van der Waals surface area contributed by atoms with Gasteiger partial charge < -0.3 is 15.6 Å². The second-order valence-corrected chi connectivity index (χ2v) is 4.54. The molecule has 0 aliphatic heterocycles. The van der Waals surface area contributed by atoms with Crippen LogP contribution in [0.25, 0.3) is 0 Å². The minimum absolute atomic E-state index is 0.161. The summed E-state index contributed by atoms with van der Waals surface area (Å²) in [6.07, 6.45) is 0. The molecule has 0 saturated heterocycles. The molecule has 0 aliphatic rings. The van der Waals surface area contributed by atoms with Crippen LogP contribution in [0.5, 0.6) is 11.5 Å². The Hall–Kier alpha value is -1.68. The van der Waals surface area contributed by atoms with Gasteiger partial charge in [0.15, 0.2) is 0 Å². The van der Waals surface area contributed by atoms with Crippen LogP contribution in [0.2, 0.25) is 0 Å². The quantitative estimate of drug-likeness (QED) is 0.854. The van der Waals surface area contributed by atoms with E-state index in [1.54, 1.807) is 12.1 Å². The fourth-order valence-corrected chi connectivity index (χ4v) is 1.81. The smallest absolute Gasteiger partial charge is 0.120 e. The summed E-state index contributed by atoms with van der Waals surface area (Å²) in [5, 5.41) is 9.23. The molecular formula is C13H12BrNO2. The molecular weight excluding hydrogens is 282 g/mol. The molecule has 0 amide bonds. The predicted octanol–water partition coefficient (Wildman–Crippen LogP) is 3.32. The van der Waals surface area contributed by atoms with Gasteiger partial charge in [0.2, 0.25) is 0 Å². The lowest BCUT2D eigenvalue weighted by Gasteiger charge is -2.09. The maximum absolute atomic E-state index is 9.23. The van der Waals surface area contributed by atoms with Gasteiger partial charge in [-0.25, -0.2) is 0 Å². The van der Waals surface area contributed by atoms with E-state index >= 15 is 0 Å². The molecule has 0 saturated carbocycles. The van der Waals surface area contributed by atoms with Crippen molar-refractivity contribution in [2.24, 2.45) is 0 Å². The molecule has 3 N–H and O–H groups in total. The minimum atomic E-state index is 0.161. The van der Waals surface area contributed by atoms with Gasteiger partial charge in [0.1, 0.15) is 18.1 Å². The molecule has 88 valence electrons. The Balaban J connectivity index is 2.07. The summed E-state index contributed by atoms with van der Waals surface area (Å²) >= 11 is 3.37. The molecule has 4 heteroatoms. The maximum Gasteiger partial charge on any atom is 0.120 e. The average Bonchev–Trinajstić information content (AvgIpc) is 2.28. The van der Waals surface area contributed by atoms with Crippen molar-refractivity contribution in [3.8, 4) is 11.5 Å². The van der Waals surface area contributed by atoms with Crippen LogP contribution in [0.4, 0.5) is 5.69 Å². The number of phenolic OH excluding ortho intramolecular Hbond substituents is 1. The number of hydrogen-bond donors (Lipinski definition) is 2. The van der Waals surface area contributed by atoms with Crippen LogP contribution >= 0.6 is 15.9 Å². The lowest BCUT2D eigenvalue weighted by Crippen LogP contribution is -1.99. The largest absolute Gasteiger partial charge is 0.508 e. The van der Waals surface area contributed by atoms with E-state index in [1.807, 2.05) is 24.3 Å². The Labute approximate surface area is 108 Å². The van der Waals surface area contributed by atoms with E-state index in [0.29, 0.717) is 12.3 Å². The van der Waals surface area contributed by atoms with Crippen molar-refractivity contribution in [1.29, 1.82) is 0 Å². The molecule has 2 aromatic rings. The Morgan fingerprint density at radius 2 is 2.00 bits per heavy atom. The molecule has 0 radical (unpaired) electrons. The summed E-state index contributed by atoms with van der Waals surface area (Å²) in [5.41, 5.74) is 7.14. The van der Waals surface area contributed by atoms with Crippen LogP contribution in [-0.4, -0.2) is 5.11 Å². The number of halogens is 1. The topological polar surface area (TPSA) is 55.5 Å². The Morgan fingerprint density at radius 3 is 2.71 bits per heavy atom. The Morgan fingerprint density at radius 1 is 1.18 bits per heavy atom. The first-order valence-electron chi connectivity index (χ1n) is 5.11. The third-order valence-corrected chi connectivity index (χ3v) is 2.81. The number of rotatable bonds is 3. The van der Waals surface area contributed by atoms with Crippen molar-refractivity contribution in [3.05, 3.63) is 52.5 Å². The molecule has 2 aromatic carbocycles. The van der Waals surface area contributed by atoms with Crippen LogP contribution in [0.1, 0.15) is 5.56 Å². The molecule has 0 fully saturated rings. The third-order valence-electron chi connectivity index (χ3n) is 2.32. The van der Waals surface area contributed by atoms with E-state index in [0.717, 1.165) is 15.8 Å². The lowest BCUT2D eigenvalue weighted by atomic mass is 10.2. The molecule has 0 spiro atoms. The van der Waals surface area contributed by atoms with E-state index in [1.165, 1.54) is 6.07 Å². The van der Waals surface area contributed by atoms with Gasteiger partial charge in [-0.15, -0.1) is 0 Å². The summed E-state index contributed by atoms with van der Waals surface area (Å²) in [6.45, 7) is 0.378. The highest BCUT2D eigenvalue weighted by Gasteiger charge is 2.02. The summed E-state index contributed by atoms with van der Waals surface area (Å²) in [4.78, 5) is 0. The van der Waals surface area contributed by atoms with Crippen molar-refractivity contribution >= 4 is 21.6 Å². The summed E-state index contributed by atoms with van der Waals surface area (Å²) in [7, 11) is 0. The van der Waals surface area contributed by atoms with Crippen LogP contribution in [0.3, 0.4) is 0 Å². The number of ether oxygens (including phenoxy) is 1.